The molecule has 0 radical (unpaired) electrons. The van der Waals surface area contributed by atoms with Crippen LogP contribution in [0.15, 0.2) is 47.2 Å². The summed E-state index contributed by atoms with van der Waals surface area (Å²) in [5.74, 6) is 0.968. The highest BCUT2D eigenvalue weighted by Crippen LogP contribution is 2.06. The van der Waals surface area contributed by atoms with Gasteiger partial charge in [-0.1, -0.05) is 12.1 Å². The first-order chi connectivity index (χ1) is 9.83. The van der Waals surface area contributed by atoms with Crippen LogP contribution < -0.4 is 5.32 Å². The minimum Gasteiger partial charge on any atom is -0.311 e. The Labute approximate surface area is 125 Å². The molecule has 0 bridgehead atoms. The van der Waals surface area contributed by atoms with E-state index in [2.05, 4.69) is 36.4 Å². The van der Waals surface area contributed by atoms with Gasteiger partial charge in [-0.05, 0) is 40.2 Å². The number of fused-ring (bicyclic) bond motifs is 1. The molecule has 0 aliphatic rings. The van der Waals surface area contributed by atoms with Crippen LogP contribution in [0.2, 0.25) is 0 Å². The van der Waals surface area contributed by atoms with E-state index in [1.165, 1.54) is 0 Å². The maximum atomic E-state index is 4.38. The van der Waals surface area contributed by atoms with Crippen molar-refractivity contribution in [2.24, 2.45) is 0 Å². The molecule has 0 unspecified atom stereocenters. The van der Waals surface area contributed by atoms with Crippen molar-refractivity contribution in [1.82, 2.24) is 24.9 Å². The van der Waals surface area contributed by atoms with E-state index in [-0.39, 0.29) is 0 Å². The second-order valence-corrected chi connectivity index (χ2v) is 5.24. The van der Waals surface area contributed by atoms with Crippen molar-refractivity contribution >= 4 is 21.6 Å². The third kappa shape index (κ3) is 3.02. The second kappa shape index (κ2) is 6.11. The van der Waals surface area contributed by atoms with Gasteiger partial charge in [0.15, 0.2) is 5.65 Å². The van der Waals surface area contributed by atoms with Gasteiger partial charge in [-0.3, -0.25) is 4.40 Å². The van der Waals surface area contributed by atoms with Gasteiger partial charge in [0.25, 0.3) is 0 Å². The molecular formula is C14H14BrN5. The topological polar surface area (TPSA) is 55.1 Å². The molecule has 0 fully saturated rings. The lowest BCUT2D eigenvalue weighted by molar-refractivity contribution is 0.656. The molecule has 20 heavy (non-hydrogen) atoms. The smallest absolute Gasteiger partial charge is 0.160 e. The average Bonchev–Trinajstić information content (AvgIpc) is 2.87. The number of hydrogen-bond donors (Lipinski definition) is 1. The summed E-state index contributed by atoms with van der Waals surface area (Å²) in [6, 6.07) is 11.8. The molecule has 3 heterocycles. The van der Waals surface area contributed by atoms with Crippen molar-refractivity contribution in [2.75, 3.05) is 6.54 Å². The molecule has 3 aromatic heterocycles. The quantitative estimate of drug-likeness (QED) is 0.575. The summed E-state index contributed by atoms with van der Waals surface area (Å²) < 4.78 is 2.87. The molecule has 0 aliphatic heterocycles. The van der Waals surface area contributed by atoms with Gasteiger partial charge in [0.2, 0.25) is 0 Å². The van der Waals surface area contributed by atoms with Crippen molar-refractivity contribution in [3.05, 3.63) is 58.7 Å². The SMILES string of the molecule is Brc1cccc(CNCCc2nnc3ccccn23)n1. The number of hydrogen-bond acceptors (Lipinski definition) is 4. The zero-order valence-corrected chi connectivity index (χ0v) is 12.4. The third-order valence-electron chi connectivity index (χ3n) is 2.99. The predicted octanol–water partition coefficient (Wildman–Crippen LogP) is 2.22. The van der Waals surface area contributed by atoms with Crippen LogP contribution >= 0.6 is 15.9 Å². The largest absolute Gasteiger partial charge is 0.311 e. The van der Waals surface area contributed by atoms with E-state index in [0.717, 1.165) is 41.3 Å². The molecule has 0 saturated carbocycles. The van der Waals surface area contributed by atoms with E-state index in [0.29, 0.717) is 0 Å². The van der Waals surface area contributed by atoms with Crippen molar-refractivity contribution in [1.29, 1.82) is 0 Å². The normalized spacial score (nSPS) is 11.1. The summed E-state index contributed by atoms with van der Waals surface area (Å²) in [6.07, 6.45) is 2.82. The molecule has 0 amide bonds. The molecule has 0 aliphatic carbocycles. The van der Waals surface area contributed by atoms with Crippen molar-refractivity contribution in [3.63, 3.8) is 0 Å². The van der Waals surface area contributed by atoms with Crippen LogP contribution in [0, 0.1) is 0 Å². The lowest BCUT2D eigenvalue weighted by atomic mass is 10.3. The van der Waals surface area contributed by atoms with Crippen LogP contribution in [0.3, 0.4) is 0 Å². The van der Waals surface area contributed by atoms with Gasteiger partial charge in [-0.2, -0.15) is 0 Å². The predicted molar refractivity (Wildman–Crippen MR) is 80.3 cm³/mol. The Morgan fingerprint density at radius 2 is 2.05 bits per heavy atom. The molecule has 102 valence electrons. The molecule has 0 spiro atoms. The van der Waals surface area contributed by atoms with E-state index in [1.807, 2.05) is 47.0 Å². The fourth-order valence-electron chi connectivity index (χ4n) is 2.03. The summed E-state index contributed by atoms with van der Waals surface area (Å²) >= 11 is 3.37. The molecule has 1 N–H and O–H groups in total. The summed E-state index contributed by atoms with van der Waals surface area (Å²) in [5.41, 5.74) is 1.90. The minimum absolute atomic E-state index is 0.746. The molecular weight excluding hydrogens is 318 g/mol. The highest BCUT2D eigenvalue weighted by atomic mass is 79.9. The van der Waals surface area contributed by atoms with Crippen LogP contribution in [0.4, 0.5) is 0 Å². The van der Waals surface area contributed by atoms with Gasteiger partial charge < -0.3 is 5.32 Å². The lowest BCUT2D eigenvalue weighted by Gasteiger charge is -2.04. The van der Waals surface area contributed by atoms with E-state index in [4.69, 9.17) is 0 Å². The van der Waals surface area contributed by atoms with Crippen molar-refractivity contribution < 1.29 is 0 Å². The maximum Gasteiger partial charge on any atom is 0.160 e. The Kier molecular flexibility index (Phi) is 4.03. The Balaban J connectivity index is 1.55. The van der Waals surface area contributed by atoms with Gasteiger partial charge >= 0.3 is 0 Å². The number of nitrogens with one attached hydrogen (secondary N) is 1. The standard InChI is InChI=1S/C14H14BrN5/c15-12-5-3-4-11(17-12)10-16-8-7-14-19-18-13-6-1-2-9-20(13)14/h1-6,9,16H,7-8,10H2. The molecule has 0 saturated heterocycles. The van der Waals surface area contributed by atoms with E-state index < -0.39 is 0 Å². The number of rotatable bonds is 5. The zero-order chi connectivity index (χ0) is 13.8. The maximum absolute atomic E-state index is 4.38. The van der Waals surface area contributed by atoms with E-state index in [1.54, 1.807) is 0 Å². The first kappa shape index (κ1) is 13.2. The third-order valence-corrected chi connectivity index (χ3v) is 3.43. The van der Waals surface area contributed by atoms with Gasteiger partial charge in [0.05, 0.1) is 5.69 Å². The first-order valence-corrected chi connectivity index (χ1v) is 7.23. The van der Waals surface area contributed by atoms with Crippen LogP contribution in [-0.2, 0) is 13.0 Å². The summed E-state index contributed by atoms with van der Waals surface area (Å²) in [5, 5.41) is 11.7. The zero-order valence-electron chi connectivity index (χ0n) is 10.8. The molecule has 3 rings (SSSR count). The van der Waals surface area contributed by atoms with Gasteiger partial charge in [0.1, 0.15) is 10.4 Å². The van der Waals surface area contributed by atoms with Crippen molar-refractivity contribution in [3.8, 4) is 0 Å². The van der Waals surface area contributed by atoms with Crippen LogP contribution in [0.1, 0.15) is 11.5 Å². The number of halogens is 1. The molecule has 3 aromatic rings. The number of aromatic nitrogens is 4. The van der Waals surface area contributed by atoms with Gasteiger partial charge in [-0.15, -0.1) is 10.2 Å². The fourth-order valence-corrected chi connectivity index (χ4v) is 2.41. The molecule has 6 heteroatoms. The summed E-state index contributed by atoms with van der Waals surface area (Å²) in [7, 11) is 0. The fraction of sp³-hybridized carbons (Fsp3) is 0.214. The van der Waals surface area contributed by atoms with Crippen molar-refractivity contribution in [2.45, 2.75) is 13.0 Å². The average molecular weight is 332 g/mol. The van der Waals surface area contributed by atoms with E-state index in [9.17, 15) is 0 Å². The lowest BCUT2D eigenvalue weighted by Crippen LogP contribution is -2.18. The molecule has 0 aromatic carbocycles. The number of nitrogens with zero attached hydrogens (tertiary/aromatic N) is 4. The highest BCUT2D eigenvalue weighted by molar-refractivity contribution is 9.10. The Morgan fingerprint density at radius 3 is 2.95 bits per heavy atom. The van der Waals surface area contributed by atoms with Crippen LogP contribution in [-0.4, -0.2) is 26.1 Å². The Morgan fingerprint density at radius 1 is 1.10 bits per heavy atom. The summed E-state index contributed by atoms with van der Waals surface area (Å²) in [6.45, 7) is 1.58. The molecule has 0 atom stereocenters. The Bertz CT molecular complexity index is 709. The number of pyridine rings is 2. The highest BCUT2D eigenvalue weighted by Gasteiger charge is 2.03. The van der Waals surface area contributed by atoms with Crippen LogP contribution in [0.5, 0.6) is 0 Å². The first-order valence-electron chi connectivity index (χ1n) is 6.44. The van der Waals surface area contributed by atoms with Crippen LogP contribution in [0.25, 0.3) is 5.65 Å². The summed E-state index contributed by atoms with van der Waals surface area (Å²) in [4.78, 5) is 4.38. The van der Waals surface area contributed by atoms with Gasteiger partial charge in [0, 0.05) is 25.7 Å². The molecule has 5 nitrogen and oxygen atoms in total. The second-order valence-electron chi connectivity index (χ2n) is 4.42. The Hall–Kier alpha value is -1.79. The monoisotopic (exact) mass is 331 g/mol. The van der Waals surface area contributed by atoms with E-state index >= 15 is 0 Å². The van der Waals surface area contributed by atoms with Gasteiger partial charge in [-0.25, -0.2) is 4.98 Å². The minimum atomic E-state index is 0.746.